The summed E-state index contributed by atoms with van der Waals surface area (Å²) in [7, 11) is 0. The van der Waals surface area contributed by atoms with Crippen LogP contribution in [0.2, 0.25) is 0 Å². The Labute approximate surface area is 341 Å². The molecule has 0 fully saturated rings. The first-order valence-electron chi connectivity index (χ1n) is 20.3. The summed E-state index contributed by atoms with van der Waals surface area (Å²) in [5.41, 5.74) is 10.4. The lowest BCUT2D eigenvalue weighted by atomic mass is 9.85. The zero-order valence-corrected chi connectivity index (χ0v) is 35.9. The fraction of sp³-hybridized carbons (Fsp3) is 0.302. The third kappa shape index (κ3) is 6.48. The minimum Gasteiger partial charge on any atom is -0.308 e. The first-order valence-corrected chi connectivity index (χ1v) is 20.3. The molecule has 0 N–H and O–H groups in total. The van der Waals surface area contributed by atoms with Crippen LogP contribution in [0, 0.1) is 23.0 Å². The average molecular weight is 770 g/mol. The van der Waals surface area contributed by atoms with Gasteiger partial charge in [-0.05, 0) is 128 Å². The van der Waals surface area contributed by atoms with E-state index < -0.39 is 11.6 Å². The maximum Gasteiger partial charge on any atom is 0.131 e. The Kier molecular flexibility index (Phi) is 8.87. The van der Waals surface area contributed by atoms with Gasteiger partial charge in [-0.15, -0.1) is 0 Å². The molecule has 8 aromatic rings. The van der Waals surface area contributed by atoms with Gasteiger partial charge in [0.05, 0.1) is 33.4 Å². The van der Waals surface area contributed by atoms with E-state index >= 15 is 8.78 Å². The van der Waals surface area contributed by atoms with Crippen LogP contribution in [-0.2, 0) is 21.7 Å². The fourth-order valence-corrected chi connectivity index (χ4v) is 8.38. The van der Waals surface area contributed by atoms with Crippen molar-refractivity contribution in [3.05, 3.63) is 143 Å². The zero-order valence-electron chi connectivity index (χ0n) is 35.9. The summed E-state index contributed by atoms with van der Waals surface area (Å²) in [4.78, 5) is 0. The molecule has 294 valence electrons. The molecule has 0 bridgehead atoms. The van der Waals surface area contributed by atoms with Crippen molar-refractivity contribution >= 4 is 43.6 Å². The van der Waals surface area contributed by atoms with Crippen molar-refractivity contribution < 1.29 is 8.78 Å². The van der Waals surface area contributed by atoms with E-state index in [4.69, 9.17) is 0 Å². The van der Waals surface area contributed by atoms with Gasteiger partial charge in [-0.2, -0.15) is 5.26 Å². The highest BCUT2D eigenvalue weighted by molar-refractivity contribution is 6.12. The third-order valence-electron chi connectivity index (χ3n) is 11.9. The van der Waals surface area contributed by atoms with Crippen LogP contribution in [0.25, 0.3) is 66.1 Å². The molecule has 0 saturated carbocycles. The molecular formula is C53H53F2N3. The van der Waals surface area contributed by atoms with Crippen molar-refractivity contribution in [3.8, 4) is 28.6 Å². The third-order valence-corrected chi connectivity index (χ3v) is 11.9. The van der Waals surface area contributed by atoms with Crippen molar-refractivity contribution in [1.82, 2.24) is 9.13 Å². The van der Waals surface area contributed by atoms with E-state index in [1.165, 1.54) is 34.4 Å². The molecule has 0 atom stereocenters. The summed E-state index contributed by atoms with van der Waals surface area (Å²) >= 11 is 0. The lowest BCUT2D eigenvalue weighted by Gasteiger charge is -2.21. The second kappa shape index (κ2) is 13.1. The van der Waals surface area contributed by atoms with Crippen molar-refractivity contribution in [1.29, 1.82) is 5.26 Å². The molecule has 58 heavy (non-hydrogen) atoms. The molecule has 0 amide bonds. The second-order valence-corrected chi connectivity index (χ2v) is 20.2. The summed E-state index contributed by atoms with van der Waals surface area (Å²) in [6, 6.07) is 36.3. The van der Waals surface area contributed by atoms with Crippen molar-refractivity contribution in [2.24, 2.45) is 0 Å². The molecule has 0 radical (unpaired) electrons. The topological polar surface area (TPSA) is 33.6 Å². The van der Waals surface area contributed by atoms with Crippen molar-refractivity contribution in [2.75, 3.05) is 0 Å². The summed E-state index contributed by atoms with van der Waals surface area (Å²) in [5.74, 6) is -1.08. The average Bonchev–Trinajstić information content (AvgIpc) is 3.65. The van der Waals surface area contributed by atoms with E-state index in [-0.39, 0.29) is 27.2 Å². The highest BCUT2D eigenvalue weighted by Gasteiger charge is 2.27. The van der Waals surface area contributed by atoms with E-state index in [1.54, 1.807) is 0 Å². The van der Waals surface area contributed by atoms with Crippen LogP contribution in [0.15, 0.2) is 103 Å². The summed E-state index contributed by atoms with van der Waals surface area (Å²) in [5, 5.41) is 15.7. The molecule has 0 unspecified atom stereocenters. The summed E-state index contributed by atoms with van der Waals surface area (Å²) < 4.78 is 35.3. The number of benzene rings is 6. The second-order valence-electron chi connectivity index (χ2n) is 20.2. The Morgan fingerprint density at radius 1 is 0.431 bits per heavy atom. The number of rotatable bonds is 3. The Morgan fingerprint density at radius 2 is 0.759 bits per heavy atom. The molecule has 2 heterocycles. The van der Waals surface area contributed by atoms with Gasteiger partial charge in [0.1, 0.15) is 23.3 Å². The van der Waals surface area contributed by atoms with E-state index in [0.717, 1.165) is 49.7 Å². The van der Waals surface area contributed by atoms with Gasteiger partial charge in [0.15, 0.2) is 0 Å². The van der Waals surface area contributed by atoms with Crippen LogP contribution in [0.3, 0.4) is 0 Å². The highest BCUT2D eigenvalue weighted by Crippen LogP contribution is 2.43. The van der Waals surface area contributed by atoms with E-state index in [9.17, 15) is 5.26 Å². The molecule has 5 heteroatoms. The molecule has 0 aliphatic rings. The normalized spacial score (nSPS) is 13.0. The summed E-state index contributed by atoms with van der Waals surface area (Å²) in [6.07, 6.45) is 0. The minimum atomic E-state index is -0.540. The Bertz CT molecular complexity index is 2700. The van der Waals surface area contributed by atoms with Gasteiger partial charge in [-0.1, -0.05) is 107 Å². The maximum atomic E-state index is 16.0. The SMILES string of the molecule is CC(C)(C)c1ccc2c(c1)c1cc(C(C)(C)C)ccc1n2-c1cc(-c2cc(F)ccc2F)cc(-n2c3ccc(C(C)(C)C)cc3c3cc(C(C)(C)C)ccc32)c1C#N. The predicted molar refractivity (Wildman–Crippen MR) is 240 cm³/mol. The first kappa shape index (κ1) is 39.1. The van der Waals surface area contributed by atoms with Crippen LogP contribution in [0.1, 0.15) is 111 Å². The minimum absolute atomic E-state index is 0.0969. The summed E-state index contributed by atoms with van der Waals surface area (Å²) in [6.45, 7) is 26.6. The predicted octanol–water partition coefficient (Wildman–Crippen LogP) is 14.9. The molecule has 2 aromatic heterocycles. The molecule has 0 aliphatic heterocycles. The molecule has 3 nitrogen and oxygen atoms in total. The lowest BCUT2D eigenvalue weighted by Crippen LogP contribution is -2.11. The van der Waals surface area contributed by atoms with Crippen LogP contribution >= 0.6 is 0 Å². The Morgan fingerprint density at radius 3 is 1.05 bits per heavy atom. The molecule has 0 saturated heterocycles. The number of fused-ring (bicyclic) bond motifs is 6. The molecule has 0 aliphatic carbocycles. The lowest BCUT2D eigenvalue weighted by molar-refractivity contribution is 0.590. The molecule has 8 rings (SSSR count). The van der Waals surface area contributed by atoms with E-state index in [2.05, 4.69) is 171 Å². The van der Waals surface area contributed by atoms with Gasteiger partial charge >= 0.3 is 0 Å². The largest absolute Gasteiger partial charge is 0.308 e. The van der Waals surface area contributed by atoms with Gasteiger partial charge in [0, 0.05) is 27.1 Å². The van der Waals surface area contributed by atoms with Crippen molar-refractivity contribution in [2.45, 2.75) is 105 Å². The maximum absolute atomic E-state index is 16.0. The first-order chi connectivity index (χ1) is 27.1. The molecule has 0 spiro atoms. The van der Waals surface area contributed by atoms with Gasteiger partial charge in [0.25, 0.3) is 0 Å². The van der Waals surface area contributed by atoms with Gasteiger partial charge in [0.2, 0.25) is 0 Å². The van der Waals surface area contributed by atoms with Crippen LogP contribution in [0.4, 0.5) is 8.78 Å². The van der Waals surface area contributed by atoms with Gasteiger partial charge < -0.3 is 9.13 Å². The zero-order chi connectivity index (χ0) is 41.9. The van der Waals surface area contributed by atoms with Gasteiger partial charge in [-0.3, -0.25) is 0 Å². The number of aromatic nitrogens is 2. The van der Waals surface area contributed by atoms with Crippen molar-refractivity contribution in [3.63, 3.8) is 0 Å². The number of halogens is 2. The number of nitrogens with zero attached hydrogens (tertiary/aromatic N) is 3. The monoisotopic (exact) mass is 769 g/mol. The van der Waals surface area contributed by atoms with E-state index in [1.807, 2.05) is 12.1 Å². The standard InChI is InChI=1S/C53H53F2N3/c1-50(2,3)32-13-19-44-38(25-32)39-26-33(51(4,5)6)14-20-45(39)57(44)48-23-31(37-29-36(54)17-18-43(37)55)24-49(42(48)30-56)58-46-21-15-34(52(7,8)9)27-40(46)41-28-35(53(10,11)12)16-22-47(41)58/h13-29H,1-12H3. The molecular weight excluding hydrogens is 717 g/mol. The smallest absolute Gasteiger partial charge is 0.131 e. The molecule has 6 aromatic carbocycles. The van der Waals surface area contributed by atoms with Crippen LogP contribution < -0.4 is 0 Å². The quantitative estimate of drug-likeness (QED) is 0.176. The Hall–Kier alpha value is -5.73. The van der Waals surface area contributed by atoms with Gasteiger partial charge in [-0.25, -0.2) is 8.78 Å². The number of hydrogen-bond acceptors (Lipinski definition) is 1. The Balaban J connectivity index is 1.56. The van der Waals surface area contributed by atoms with Crippen LogP contribution in [0.5, 0.6) is 0 Å². The van der Waals surface area contributed by atoms with Crippen LogP contribution in [-0.4, -0.2) is 9.13 Å². The van der Waals surface area contributed by atoms with E-state index in [0.29, 0.717) is 22.5 Å². The number of hydrogen-bond donors (Lipinski definition) is 0. The fourth-order valence-electron chi connectivity index (χ4n) is 8.38. The number of nitriles is 1. The highest BCUT2D eigenvalue weighted by atomic mass is 19.1.